The minimum absolute atomic E-state index is 0.0273. The highest BCUT2D eigenvalue weighted by atomic mass is 19.1. The first-order valence-corrected chi connectivity index (χ1v) is 9.31. The summed E-state index contributed by atoms with van der Waals surface area (Å²) in [6.07, 6.45) is 6.05. The van der Waals surface area contributed by atoms with E-state index < -0.39 is 11.7 Å². The number of carbonyl (C=O) groups is 1. The zero-order valence-corrected chi connectivity index (χ0v) is 16.5. The molecule has 0 fully saturated rings. The zero-order chi connectivity index (χ0) is 22.0. The van der Waals surface area contributed by atoms with Crippen molar-refractivity contribution in [3.05, 3.63) is 84.3 Å². The van der Waals surface area contributed by atoms with E-state index in [1.54, 1.807) is 37.5 Å². The summed E-state index contributed by atoms with van der Waals surface area (Å²) in [5.41, 5.74) is 1.31. The van der Waals surface area contributed by atoms with E-state index in [0.29, 0.717) is 11.4 Å². The number of nitrogens with zero attached hydrogens (tertiary/aromatic N) is 5. The van der Waals surface area contributed by atoms with Crippen LogP contribution in [0.2, 0.25) is 0 Å². The maximum atomic E-state index is 14.3. The average Bonchev–Trinajstić information content (AvgIpc) is 3.23. The van der Waals surface area contributed by atoms with Gasteiger partial charge in [0.05, 0.1) is 35.9 Å². The van der Waals surface area contributed by atoms with E-state index in [0.717, 1.165) is 6.07 Å². The molecular weight excluding hydrogens is 401 g/mol. The number of carbonyl (C=O) groups excluding carboxylic acids is 1. The van der Waals surface area contributed by atoms with Gasteiger partial charge in [0.1, 0.15) is 23.0 Å². The Morgan fingerprint density at radius 1 is 1.10 bits per heavy atom. The van der Waals surface area contributed by atoms with Gasteiger partial charge in [0.2, 0.25) is 0 Å². The number of aromatic nitrogens is 4. The van der Waals surface area contributed by atoms with Crippen molar-refractivity contribution in [2.45, 2.75) is 6.54 Å². The molecule has 1 amide bonds. The summed E-state index contributed by atoms with van der Waals surface area (Å²) < 4.78 is 15.6. The molecule has 156 valence electrons. The Labute approximate surface area is 176 Å². The lowest BCUT2D eigenvalue weighted by molar-refractivity contribution is 0.0780. The first kappa shape index (κ1) is 20.0. The molecule has 4 rings (SSSR count). The fraction of sp³-hybridized carbons (Fsp3) is 0.0909. The van der Waals surface area contributed by atoms with Gasteiger partial charge in [-0.3, -0.25) is 14.8 Å². The van der Waals surface area contributed by atoms with Gasteiger partial charge in [-0.2, -0.15) is 5.10 Å². The number of hydrogen-bond donors (Lipinski definition) is 2. The number of halogens is 1. The average molecular weight is 419 g/mol. The Balaban J connectivity index is 1.72. The molecule has 0 unspecified atom stereocenters. The molecule has 2 aromatic heterocycles. The number of rotatable bonds is 5. The van der Waals surface area contributed by atoms with Gasteiger partial charge in [-0.05, 0) is 24.3 Å². The van der Waals surface area contributed by atoms with Crippen molar-refractivity contribution in [3.8, 4) is 28.4 Å². The van der Waals surface area contributed by atoms with Gasteiger partial charge in [0.15, 0.2) is 0 Å². The van der Waals surface area contributed by atoms with Crippen LogP contribution in [-0.2, 0) is 6.54 Å². The highest BCUT2D eigenvalue weighted by Gasteiger charge is 2.22. The van der Waals surface area contributed by atoms with Crippen LogP contribution in [0.1, 0.15) is 16.1 Å². The van der Waals surface area contributed by atoms with Crippen molar-refractivity contribution in [3.63, 3.8) is 0 Å². The van der Waals surface area contributed by atoms with Gasteiger partial charge in [0.25, 0.3) is 5.91 Å². The van der Waals surface area contributed by atoms with Crippen LogP contribution in [0.3, 0.4) is 0 Å². The molecular formula is C22H18FN5O3. The number of phenolic OH excluding ortho intramolecular Hbond substituents is 2. The molecule has 31 heavy (non-hydrogen) atoms. The van der Waals surface area contributed by atoms with Crippen LogP contribution in [0.25, 0.3) is 16.9 Å². The van der Waals surface area contributed by atoms with Crippen LogP contribution in [0.5, 0.6) is 11.5 Å². The Bertz CT molecular complexity index is 1240. The molecule has 4 aromatic rings. The Morgan fingerprint density at radius 2 is 1.90 bits per heavy atom. The number of benzene rings is 2. The van der Waals surface area contributed by atoms with Gasteiger partial charge >= 0.3 is 0 Å². The lowest BCUT2D eigenvalue weighted by Crippen LogP contribution is -2.26. The third-order valence-corrected chi connectivity index (χ3v) is 4.71. The highest BCUT2D eigenvalue weighted by molar-refractivity contribution is 5.98. The molecule has 2 heterocycles. The Kier molecular flexibility index (Phi) is 5.31. The topological polar surface area (TPSA) is 104 Å². The molecule has 0 bridgehead atoms. The van der Waals surface area contributed by atoms with E-state index in [1.807, 2.05) is 0 Å². The van der Waals surface area contributed by atoms with Gasteiger partial charge in [0, 0.05) is 31.1 Å². The molecule has 0 radical (unpaired) electrons. The van der Waals surface area contributed by atoms with Crippen molar-refractivity contribution >= 4 is 5.91 Å². The second-order valence-corrected chi connectivity index (χ2v) is 6.82. The fourth-order valence-electron chi connectivity index (χ4n) is 3.21. The predicted octanol–water partition coefficient (Wildman–Crippen LogP) is 3.15. The fourth-order valence-corrected chi connectivity index (χ4v) is 3.21. The first-order chi connectivity index (χ1) is 15.0. The maximum absolute atomic E-state index is 14.3. The quantitative estimate of drug-likeness (QED) is 0.515. The van der Waals surface area contributed by atoms with Crippen LogP contribution in [0.4, 0.5) is 4.39 Å². The zero-order valence-electron chi connectivity index (χ0n) is 16.5. The maximum Gasteiger partial charge on any atom is 0.257 e. The summed E-state index contributed by atoms with van der Waals surface area (Å²) in [5, 5.41) is 24.9. The summed E-state index contributed by atoms with van der Waals surface area (Å²) >= 11 is 0. The summed E-state index contributed by atoms with van der Waals surface area (Å²) in [6, 6.07) is 10.1. The van der Waals surface area contributed by atoms with E-state index in [2.05, 4.69) is 15.1 Å². The van der Waals surface area contributed by atoms with Crippen molar-refractivity contribution in [1.29, 1.82) is 0 Å². The summed E-state index contributed by atoms with van der Waals surface area (Å²) in [5.74, 6) is -1.63. The molecule has 0 saturated heterocycles. The van der Waals surface area contributed by atoms with Crippen molar-refractivity contribution in [2.24, 2.45) is 0 Å². The number of para-hydroxylation sites is 1. The molecule has 2 N–H and O–H groups in total. The third-order valence-electron chi connectivity index (χ3n) is 4.71. The normalized spacial score (nSPS) is 10.8. The van der Waals surface area contributed by atoms with Crippen molar-refractivity contribution in [2.75, 3.05) is 7.05 Å². The standard InChI is InChI=1S/C22H18FN5O3/c1-27(13-14-12-24-8-9-25-14)22(31)16-10-15(20(29)11-21(16)30)18-6-7-26-28(18)19-5-3-2-4-17(19)23/h2-12,29-30H,13H2,1H3. The highest BCUT2D eigenvalue weighted by Crippen LogP contribution is 2.36. The van der Waals surface area contributed by atoms with E-state index in [4.69, 9.17) is 0 Å². The number of amides is 1. The van der Waals surface area contributed by atoms with Crippen molar-refractivity contribution < 1.29 is 19.4 Å². The van der Waals surface area contributed by atoms with Crippen LogP contribution in [0, 0.1) is 5.82 Å². The summed E-state index contributed by atoms with van der Waals surface area (Å²) in [7, 11) is 1.56. The van der Waals surface area contributed by atoms with Crippen LogP contribution >= 0.6 is 0 Å². The van der Waals surface area contributed by atoms with E-state index >= 15 is 0 Å². The second kappa shape index (κ2) is 8.23. The molecule has 0 aliphatic rings. The van der Waals surface area contributed by atoms with Gasteiger partial charge in [-0.15, -0.1) is 0 Å². The van der Waals surface area contributed by atoms with Gasteiger partial charge < -0.3 is 15.1 Å². The number of hydrogen-bond acceptors (Lipinski definition) is 6. The lowest BCUT2D eigenvalue weighted by atomic mass is 10.0. The third kappa shape index (κ3) is 3.93. The monoisotopic (exact) mass is 419 g/mol. The lowest BCUT2D eigenvalue weighted by Gasteiger charge is -2.18. The molecule has 9 heteroatoms. The molecule has 8 nitrogen and oxygen atoms in total. The number of phenols is 2. The van der Waals surface area contributed by atoms with Crippen LogP contribution in [0.15, 0.2) is 67.3 Å². The minimum Gasteiger partial charge on any atom is -0.507 e. The molecule has 0 saturated carbocycles. The van der Waals surface area contributed by atoms with E-state index in [-0.39, 0.29) is 34.9 Å². The number of aromatic hydroxyl groups is 2. The van der Waals surface area contributed by atoms with Gasteiger partial charge in [-0.25, -0.2) is 9.07 Å². The molecule has 2 aromatic carbocycles. The van der Waals surface area contributed by atoms with E-state index in [1.165, 1.54) is 40.3 Å². The largest absolute Gasteiger partial charge is 0.507 e. The van der Waals surface area contributed by atoms with Crippen LogP contribution in [-0.4, -0.2) is 47.8 Å². The molecule has 0 atom stereocenters. The molecule has 0 aliphatic heterocycles. The Hall–Kier alpha value is -4.27. The minimum atomic E-state index is -0.495. The first-order valence-electron chi connectivity index (χ1n) is 9.31. The SMILES string of the molecule is CN(Cc1cnccn1)C(=O)c1cc(-c2ccnn2-c2ccccc2F)c(O)cc1O. The smallest absolute Gasteiger partial charge is 0.257 e. The predicted molar refractivity (Wildman–Crippen MR) is 110 cm³/mol. The van der Waals surface area contributed by atoms with Crippen LogP contribution < -0.4 is 0 Å². The second-order valence-electron chi connectivity index (χ2n) is 6.82. The summed E-state index contributed by atoms with van der Waals surface area (Å²) in [6.45, 7) is 0.176. The van der Waals surface area contributed by atoms with Crippen molar-refractivity contribution in [1.82, 2.24) is 24.6 Å². The molecule has 0 aliphatic carbocycles. The van der Waals surface area contributed by atoms with E-state index in [9.17, 15) is 19.4 Å². The Morgan fingerprint density at radius 3 is 2.65 bits per heavy atom. The van der Waals surface area contributed by atoms with Gasteiger partial charge in [-0.1, -0.05) is 12.1 Å². The molecule has 0 spiro atoms. The summed E-state index contributed by atoms with van der Waals surface area (Å²) in [4.78, 5) is 22.4.